The molecule has 1 unspecified atom stereocenters. The molecule has 0 aliphatic carbocycles. The SMILES string of the molecule is Cn1cc(C2=C(c3cn(CC(=O)NCCOCCOCCOCCOCCOCCOCCNc4cccc5c4C(=O)N(C4CCC(=O)NC4=O)C5=O)c4ccccc34)C(=O)NC2=O)c2ccccc21. The van der Waals surface area contributed by atoms with Gasteiger partial charge < -0.3 is 48.2 Å². The predicted octanol–water partition coefficient (Wildman–Crippen LogP) is 2.43. The summed E-state index contributed by atoms with van der Waals surface area (Å²) in [7, 11) is 1.90. The minimum atomic E-state index is -1.03. The van der Waals surface area contributed by atoms with Crippen molar-refractivity contribution in [2.75, 3.05) is 97.7 Å². The van der Waals surface area contributed by atoms with Gasteiger partial charge in [-0.25, -0.2) is 0 Å². The van der Waals surface area contributed by atoms with Crippen LogP contribution in [0, 0.1) is 0 Å². The maximum atomic E-state index is 13.3. The summed E-state index contributed by atoms with van der Waals surface area (Å²) >= 11 is 0. The van der Waals surface area contributed by atoms with E-state index in [-0.39, 0.29) is 42.0 Å². The van der Waals surface area contributed by atoms with E-state index in [0.717, 1.165) is 26.7 Å². The second-order valence-corrected chi connectivity index (χ2v) is 16.5. The maximum Gasteiger partial charge on any atom is 0.264 e. The molecular weight excluding hydrogens is 907 g/mol. The number of piperidine rings is 1. The number of carbonyl (C=O) groups is 7. The summed E-state index contributed by atoms with van der Waals surface area (Å²) in [6.45, 7) is 5.02. The number of carbonyl (C=O) groups excluding carboxylic acids is 7. The van der Waals surface area contributed by atoms with Crippen LogP contribution in [0.3, 0.4) is 0 Å². The topological polar surface area (TPSA) is 236 Å². The molecule has 4 N–H and O–H groups in total. The molecule has 7 amide bonds. The van der Waals surface area contributed by atoms with Crippen LogP contribution in [-0.2, 0) is 66.0 Å². The van der Waals surface area contributed by atoms with Crippen LogP contribution in [0.25, 0.3) is 33.0 Å². The van der Waals surface area contributed by atoms with Crippen molar-refractivity contribution < 1.29 is 62.0 Å². The van der Waals surface area contributed by atoms with E-state index in [4.69, 9.17) is 28.4 Å². The van der Waals surface area contributed by atoms with E-state index in [9.17, 15) is 33.6 Å². The molecule has 0 saturated carbocycles. The summed E-state index contributed by atoms with van der Waals surface area (Å²) in [5, 5.41) is 12.3. The summed E-state index contributed by atoms with van der Waals surface area (Å²) in [6, 6.07) is 19.1. The molecule has 0 spiro atoms. The van der Waals surface area contributed by atoms with Gasteiger partial charge in [0.1, 0.15) is 12.6 Å². The normalized spacial score (nSPS) is 16.0. The van der Waals surface area contributed by atoms with Gasteiger partial charge in [-0.2, -0.15) is 0 Å². The average Bonchev–Trinajstić information content (AvgIpc) is 4.05. The van der Waals surface area contributed by atoms with Crippen LogP contribution in [0.1, 0.15) is 44.7 Å². The van der Waals surface area contributed by atoms with Gasteiger partial charge in [0.15, 0.2) is 0 Å². The number of fused-ring (bicyclic) bond motifs is 3. The lowest BCUT2D eigenvalue weighted by atomic mass is 9.95. The summed E-state index contributed by atoms with van der Waals surface area (Å²) in [6.07, 6.45) is 3.76. The number of ether oxygens (including phenoxy) is 6. The number of hydrogen-bond acceptors (Lipinski definition) is 14. The van der Waals surface area contributed by atoms with Gasteiger partial charge in [-0.15, -0.1) is 0 Å². The zero-order valence-electron chi connectivity index (χ0n) is 38.8. The van der Waals surface area contributed by atoms with Crippen molar-refractivity contribution in [1.29, 1.82) is 0 Å². The van der Waals surface area contributed by atoms with Crippen LogP contribution < -0.4 is 21.3 Å². The number of imide groups is 3. The Kier molecular flexibility index (Phi) is 16.6. The fourth-order valence-corrected chi connectivity index (χ4v) is 8.68. The quantitative estimate of drug-likeness (QED) is 0.0438. The van der Waals surface area contributed by atoms with E-state index in [1.807, 2.05) is 66.3 Å². The number of nitrogens with zero attached hydrogens (tertiary/aromatic N) is 3. The Balaban J connectivity index is 0.627. The number of para-hydroxylation sites is 2. The van der Waals surface area contributed by atoms with Crippen LogP contribution in [-0.4, -0.2) is 154 Å². The number of aromatic nitrogens is 2. The summed E-state index contributed by atoms with van der Waals surface area (Å²) < 4.78 is 37.1. The highest BCUT2D eigenvalue weighted by Crippen LogP contribution is 2.39. The molecule has 3 aliphatic rings. The van der Waals surface area contributed by atoms with Gasteiger partial charge in [-0.1, -0.05) is 42.5 Å². The standard InChI is InChI=1S/C50H55N7O13/c1-55-29-35(32-7-2-4-11-38(32)55)44-45(48(62)54-47(44)61)36-30-56(39-12-5-3-8-33(36)39)31-42(59)52-16-18-66-20-22-68-24-26-70-28-27-69-25-23-67-21-19-65-17-15-51-37-10-6-9-34-43(37)50(64)57(49(34)63)40-13-14-41(58)53-46(40)60/h2-12,29-30,40,51H,13-28,31H2,1H3,(H,52,59)(H,53,58,60)(H,54,61,62). The molecule has 20 nitrogen and oxygen atoms in total. The van der Waals surface area contributed by atoms with Gasteiger partial charge >= 0.3 is 0 Å². The van der Waals surface area contributed by atoms with Gasteiger partial charge in [0.25, 0.3) is 23.6 Å². The fraction of sp³-hybridized carbons (Fsp3) is 0.380. The van der Waals surface area contributed by atoms with Crippen molar-refractivity contribution in [3.63, 3.8) is 0 Å². The molecule has 368 valence electrons. The highest BCUT2D eigenvalue weighted by atomic mass is 16.6. The van der Waals surface area contributed by atoms with Gasteiger partial charge in [0.2, 0.25) is 17.7 Å². The molecule has 0 radical (unpaired) electrons. The molecule has 3 aliphatic heterocycles. The first kappa shape index (κ1) is 49.4. The lowest BCUT2D eigenvalue weighted by Crippen LogP contribution is -2.54. The van der Waals surface area contributed by atoms with Crippen LogP contribution in [0.15, 0.2) is 79.1 Å². The molecule has 20 heteroatoms. The minimum absolute atomic E-state index is 0.000921. The number of anilines is 1. The van der Waals surface area contributed by atoms with Crippen LogP contribution in [0.2, 0.25) is 0 Å². The Bertz CT molecular complexity index is 2810. The first-order valence-electron chi connectivity index (χ1n) is 23.2. The van der Waals surface area contributed by atoms with E-state index < -0.39 is 41.5 Å². The summed E-state index contributed by atoms with van der Waals surface area (Å²) in [5.74, 6) is -3.39. The molecule has 3 aromatic carbocycles. The van der Waals surface area contributed by atoms with Gasteiger partial charge in [0.05, 0.1) is 102 Å². The van der Waals surface area contributed by atoms with Crippen LogP contribution >= 0.6 is 0 Å². The lowest BCUT2D eigenvalue weighted by Gasteiger charge is -2.27. The van der Waals surface area contributed by atoms with Crippen molar-refractivity contribution in [2.24, 2.45) is 7.05 Å². The van der Waals surface area contributed by atoms with Crippen LogP contribution in [0.4, 0.5) is 5.69 Å². The molecule has 0 bridgehead atoms. The summed E-state index contributed by atoms with van der Waals surface area (Å²) in [5.41, 5.74) is 4.37. The Morgan fingerprint density at radius 2 is 1.14 bits per heavy atom. The average molecular weight is 962 g/mol. The Morgan fingerprint density at radius 1 is 0.600 bits per heavy atom. The molecule has 70 heavy (non-hydrogen) atoms. The van der Waals surface area contributed by atoms with E-state index in [0.29, 0.717) is 115 Å². The smallest absolute Gasteiger partial charge is 0.264 e. The molecule has 5 heterocycles. The Hall–Kier alpha value is -7.07. The number of rotatable bonds is 27. The molecule has 2 aromatic heterocycles. The third-order valence-electron chi connectivity index (χ3n) is 11.9. The maximum absolute atomic E-state index is 13.3. The van der Waals surface area contributed by atoms with E-state index in [1.54, 1.807) is 29.0 Å². The largest absolute Gasteiger partial charge is 0.382 e. The molecule has 1 atom stereocenters. The Morgan fingerprint density at radius 3 is 1.76 bits per heavy atom. The second-order valence-electron chi connectivity index (χ2n) is 16.5. The second kappa shape index (κ2) is 23.5. The zero-order valence-corrected chi connectivity index (χ0v) is 38.8. The highest BCUT2D eigenvalue weighted by Gasteiger charge is 2.45. The van der Waals surface area contributed by atoms with Crippen molar-refractivity contribution in [2.45, 2.75) is 25.4 Å². The molecular formula is C50H55N7O13. The number of amides is 7. The molecule has 8 rings (SSSR count). The number of benzene rings is 3. The van der Waals surface area contributed by atoms with E-state index in [2.05, 4.69) is 21.3 Å². The zero-order chi connectivity index (χ0) is 49.0. The van der Waals surface area contributed by atoms with Crippen molar-refractivity contribution in [3.05, 3.63) is 101 Å². The molecule has 5 aromatic rings. The Labute approximate surface area is 402 Å². The number of nitrogens with one attached hydrogen (secondary N) is 4. The number of aryl methyl sites for hydroxylation is 1. The first-order chi connectivity index (χ1) is 34.1. The monoisotopic (exact) mass is 961 g/mol. The molecule has 1 saturated heterocycles. The highest BCUT2D eigenvalue weighted by molar-refractivity contribution is 6.50. The summed E-state index contributed by atoms with van der Waals surface area (Å²) in [4.78, 5) is 90.7. The van der Waals surface area contributed by atoms with Gasteiger partial charge in [-0.05, 0) is 30.7 Å². The third-order valence-corrected chi connectivity index (χ3v) is 11.9. The van der Waals surface area contributed by atoms with Crippen molar-refractivity contribution >= 4 is 80.0 Å². The lowest BCUT2D eigenvalue weighted by molar-refractivity contribution is -0.136. The minimum Gasteiger partial charge on any atom is -0.382 e. The predicted molar refractivity (Wildman–Crippen MR) is 254 cm³/mol. The number of hydrogen-bond donors (Lipinski definition) is 4. The fourth-order valence-electron chi connectivity index (χ4n) is 8.68. The van der Waals surface area contributed by atoms with Crippen molar-refractivity contribution in [1.82, 2.24) is 30.0 Å². The van der Waals surface area contributed by atoms with Gasteiger partial charge in [0, 0.05) is 77.6 Å². The van der Waals surface area contributed by atoms with Crippen LogP contribution in [0.5, 0.6) is 0 Å². The molecule has 1 fully saturated rings. The third kappa shape index (κ3) is 11.3. The van der Waals surface area contributed by atoms with Crippen molar-refractivity contribution in [3.8, 4) is 0 Å². The van der Waals surface area contributed by atoms with E-state index >= 15 is 0 Å². The first-order valence-corrected chi connectivity index (χ1v) is 23.2. The van der Waals surface area contributed by atoms with E-state index in [1.165, 1.54) is 0 Å². The van der Waals surface area contributed by atoms with Gasteiger partial charge in [-0.3, -0.25) is 49.1 Å².